The van der Waals surface area contributed by atoms with E-state index in [9.17, 15) is 13.2 Å². The average molecular weight is 381 g/mol. The quantitative estimate of drug-likeness (QED) is 0.723. The zero-order valence-corrected chi connectivity index (χ0v) is 15.7. The molecule has 134 valence electrons. The predicted molar refractivity (Wildman–Crippen MR) is 102 cm³/mol. The summed E-state index contributed by atoms with van der Waals surface area (Å²) in [6.07, 6.45) is 2.76. The van der Waals surface area contributed by atoms with E-state index in [1.165, 1.54) is 29.3 Å². The maximum Gasteiger partial charge on any atom is 0.251 e. The van der Waals surface area contributed by atoms with E-state index >= 15 is 0 Å². The van der Waals surface area contributed by atoms with Gasteiger partial charge in [-0.3, -0.25) is 9.52 Å². The lowest BCUT2D eigenvalue weighted by Gasteiger charge is -2.09. The first-order valence-corrected chi connectivity index (χ1v) is 10.1. The molecule has 0 radical (unpaired) electrons. The summed E-state index contributed by atoms with van der Waals surface area (Å²) >= 11 is 6.03. The average Bonchev–Trinajstić information content (AvgIpc) is 2.53. The van der Waals surface area contributed by atoms with E-state index in [1.807, 2.05) is 6.92 Å². The summed E-state index contributed by atoms with van der Waals surface area (Å²) in [6, 6.07) is 12.8. The lowest BCUT2D eigenvalue weighted by atomic mass is 10.1. The molecule has 0 atom stereocenters. The second-order valence-electron chi connectivity index (χ2n) is 5.91. The Morgan fingerprint density at radius 3 is 2.40 bits per heavy atom. The molecule has 0 spiro atoms. The third kappa shape index (κ3) is 6.40. The fourth-order valence-electron chi connectivity index (χ4n) is 2.29. The number of carbonyl (C=O) groups is 1. The topological polar surface area (TPSA) is 75.3 Å². The molecule has 0 saturated heterocycles. The standard InChI is InChI=1S/C18H21ClN2O3S/c1-13-5-7-14(8-6-13)4-3-11-20-18(22)15-9-10-17(16(19)12-15)21-25(2,23)24/h5-10,12,21H,3-4,11H2,1-2H3,(H,20,22). The molecule has 0 aliphatic heterocycles. The molecule has 5 nitrogen and oxygen atoms in total. The third-order valence-electron chi connectivity index (χ3n) is 3.58. The van der Waals surface area contributed by atoms with Gasteiger partial charge in [0.1, 0.15) is 0 Å². The molecule has 0 aromatic heterocycles. The zero-order chi connectivity index (χ0) is 18.4. The number of halogens is 1. The second-order valence-corrected chi connectivity index (χ2v) is 8.07. The molecule has 2 aromatic rings. The molecule has 1 amide bonds. The van der Waals surface area contributed by atoms with E-state index in [1.54, 1.807) is 0 Å². The summed E-state index contributed by atoms with van der Waals surface area (Å²) in [4.78, 5) is 12.1. The molecule has 0 unspecified atom stereocenters. The van der Waals surface area contributed by atoms with Crippen LogP contribution >= 0.6 is 11.6 Å². The van der Waals surface area contributed by atoms with Gasteiger partial charge < -0.3 is 5.32 Å². The molecule has 0 saturated carbocycles. The van der Waals surface area contributed by atoms with Gasteiger partial charge in [0.05, 0.1) is 17.0 Å². The van der Waals surface area contributed by atoms with Crippen molar-refractivity contribution in [2.45, 2.75) is 19.8 Å². The lowest BCUT2D eigenvalue weighted by Crippen LogP contribution is -2.24. The fourth-order valence-corrected chi connectivity index (χ4v) is 3.15. The van der Waals surface area contributed by atoms with Gasteiger partial charge in [0.15, 0.2) is 0 Å². The van der Waals surface area contributed by atoms with Crippen LogP contribution in [-0.4, -0.2) is 27.1 Å². The minimum atomic E-state index is -3.41. The largest absolute Gasteiger partial charge is 0.352 e. The number of anilines is 1. The van der Waals surface area contributed by atoms with Crippen molar-refractivity contribution >= 4 is 33.2 Å². The van der Waals surface area contributed by atoms with E-state index in [2.05, 4.69) is 34.3 Å². The Balaban J connectivity index is 1.86. The molecule has 2 aromatic carbocycles. The minimum Gasteiger partial charge on any atom is -0.352 e. The molecule has 2 N–H and O–H groups in total. The third-order valence-corrected chi connectivity index (χ3v) is 4.48. The number of benzene rings is 2. The number of amides is 1. The fraction of sp³-hybridized carbons (Fsp3) is 0.278. The highest BCUT2D eigenvalue weighted by Crippen LogP contribution is 2.23. The highest BCUT2D eigenvalue weighted by Gasteiger charge is 2.10. The number of carbonyl (C=O) groups excluding carboxylic acids is 1. The number of hydrogen-bond acceptors (Lipinski definition) is 3. The Hall–Kier alpha value is -2.05. The van der Waals surface area contributed by atoms with Crippen molar-refractivity contribution in [3.8, 4) is 0 Å². The Morgan fingerprint density at radius 1 is 1.12 bits per heavy atom. The number of rotatable bonds is 7. The molecule has 0 fully saturated rings. The predicted octanol–water partition coefficient (Wildman–Crippen LogP) is 3.38. The number of sulfonamides is 1. The van der Waals surface area contributed by atoms with Crippen LogP contribution in [0.3, 0.4) is 0 Å². The summed E-state index contributed by atoms with van der Waals surface area (Å²) in [5.74, 6) is -0.239. The SMILES string of the molecule is Cc1ccc(CCCNC(=O)c2ccc(NS(C)(=O)=O)c(Cl)c2)cc1. The van der Waals surface area contributed by atoms with E-state index in [0.717, 1.165) is 19.1 Å². The monoisotopic (exact) mass is 380 g/mol. The molecule has 0 heterocycles. The molecule has 0 aliphatic carbocycles. The van der Waals surface area contributed by atoms with Gasteiger partial charge in [0.25, 0.3) is 5.91 Å². The van der Waals surface area contributed by atoms with Crippen molar-refractivity contribution in [2.24, 2.45) is 0 Å². The van der Waals surface area contributed by atoms with Crippen LogP contribution in [0.5, 0.6) is 0 Å². The first-order valence-electron chi connectivity index (χ1n) is 7.86. The van der Waals surface area contributed by atoms with Gasteiger partial charge in [-0.2, -0.15) is 0 Å². The normalized spacial score (nSPS) is 11.2. The zero-order valence-electron chi connectivity index (χ0n) is 14.2. The molecule has 0 bridgehead atoms. The number of aryl methyl sites for hydroxylation is 2. The van der Waals surface area contributed by atoms with Gasteiger partial charge in [-0.05, 0) is 43.5 Å². The van der Waals surface area contributed by atoms with Gasteiger partial charge in [-0.25, -0.2) is 8.42 Å². The Labute approximate surface area is 153 Å². The first kappa shape index (κ1) is 19.3. The molecule has 2 rings (SSSR count). The second kappa shape index (κ2) is 8.36. The molecule has 7 heteroatoms. The molecule has 25 heavy (non-hydrogen) atoms. The van der Waals surface area contributed by atoms with Crippen molar-refractivity contribution in [3.05, 3.63) is 64.2 Å². The summed E-state index contributed by atoms with van der Waals surface area (Å²) in [5, 5.41) is 3.02. The van der Waals surface area contributed by atoms with E-state index in [-0.39, 0.29) is 16.6 Å². The van der Waals surface area contributed by atoms with Crippen molar-refractivity contribution < 1.29 is 13.2 Å². The van der Waals surface area contributed by atoms with Crippen LogP contribution in [-0.2, 0) is 16.4 Å². The minimum absolute atomic E-state index is 0.178. The summed E-state index contributed by atoms with van der Waals surface area (Å²) in [7, 11) is -3.41. The maximum atomic E-state index is 12.1. The van der Waals surface area contributed by atoms with Gasteiger partial charge in [0.2, 0.25) is 10.0 Å². The van der Waals surface area contributed by atoms with Crippen LogP contribution in [0.1, 0.15) is 27.9 Å². The smallest absolute Gasteiger partial charge is 0.251 e. The lowest BCUT2D eigenvalue weighted by molar-refractivity contribution is 0.0953. The van der Waals surface area contributed by atoms with Gasteiger partial charge >= 0.3 is 0 Å². The van der Waals surface area contributed by atoms with Crippen LogP contribution in [0.4, 0.5) is 5.69 Å². The summed E-state index contributed by atoms with van der Waals surface area (Å²) < 4.78 is 24.8. The van der Waals surface area contributed by atoms with Gasteiger partial charge in [0, 0.05) is 12.1 Å². The molecular weight excluding hydrogens is 360 g/mol. The van der Waals surface area contributed by atoms with Crippen LogP contribution < -0.4 is 10.0 Å². The van der Waals surface area contributed by atoms with Crippen LogP contribution in [0.15, 0.2) is 42.5 Å². The van der Waals surface area contributed by atoms with Crippen LogP contribution in [0.2, 0.25) is 5.02 Å². The van der Waals surface area contributed by atoms with Gasteiger partial charge in [-0.15, -0.1) is 0 Å². The first-order chi connectivity index (χ1) is 11.7. The number of nitrogens with one attached hydrogen (secondary N) is 2. The Bertz CT molecular complexity index is 849. The molecule has 0 aliphatic rings. The Kier molecular flexibility index (Phi) is 6.45. The van der Waals surface area contributed by atoms with Crippen LogP contribution in [0.25, 0.3) is 0 Å². The van der Waals surface area contributed by atoms with E-state index < -0.39 is 10.0 Å². The summed E-state index contributed by atoms with van der Waals surface area (Å²) in [6.45, 7) is 2.60. The van der Waals surface area contributed by atoms with E-state index in [0.29, 0.717) is 12.1 Å². The number of hydrogen-bond donors (Lipinski definition) is 2. The van der Waals surface area contributed by atoms with E-state index in [4.69, 9.17) is 11.6 Å². The van der Waals surface area contributed by atoms with Crippen molar-refractivity contribution in [1.29, 1.82) is 0 Å². The maximum absolute atomic E-state index is 12.1. The highest BCUT2D eigenvalue weighted by atomic mass is 35.5. The molecular formula is C18H21ClN2O3S. The highest BCUT2D eigenvalue weighted by molar-refractivity contribution is 7.92. The van der Waals surface area contributed by atoms with Crippen molar-refractivity contribution in [2.75, 3.05) is 17.5 Å². The Morgan fingerprint density at radius 2 is 1.80 bits per heavy atom. The van der Waals surface area contributed by atoms with Crippen molar-refractivity contribution in [1.82, 2.24) is 5.32 Å². The summed E-state index contributed by atoms with van der Waals surface area (Å²) in [5.41, 5.74) is 3.10. The van der Waals surface area contributed by atoms with Crippen LogP contribution in [0, 0.1) is 6.92 Å². The van der Waals surface area contributed by atoms with Gasteiger partial charge in [-0.1, -0.05) is 41.4 Å². The van der Waals surface area contributed by atoms with Crippen molar-refractivity contribution in [3.63, 3.8) is 0 Å².